The van der Waals surface area contributed by atoms with Crippen molar-refractivity contribution in [1.82, 2.24) is 10.2 Å². The van der Waals surface area contributed by atoms with Crippen LogP contribution < -0.4 is 5.32 Å². The fraction of sp³-hybridized carbons (Fsp3) is 0.818. The summed E-state index contributed by atoms with van der Waals surface area (Å²) in [6.07, 6.45) is 1.99. The molecule has 1 aliphatic heterocycles. The van der Waals surface area contributed by atoms with E-state index >= 15 is 0 Å². The van der Waals surface area contributed by atoms with Crippen molar-refractivity contribution in [3.63, 3.8) is 0 Å². The summed E-state index contributed by atoms with van der Waals surface area (Å²) in [5, 5.41) is 11.9. The highest BCUT2D eigenvalue weighted by Gasteiger charge is 2.34. The molecule has 2 rings (SSSR count). The lowest BCUT2D eigenvalue weighted by atomic mass is 10.2. The number of nitrogens with one attached hydrogen (secondary N) is 1. The number of hydrogen-bond donors (Lipinski definition) is 2. The fourth-order valence-electron chi connectivity index (χ4n) is 2.02. The SMILES string of the molecule is O=C(O)CN(C(=O)CC1CNCCO1)C1CC1. The molecule has 0 spiro atoms. The minimum Gasteiger partial charge on any atom is -0.480 e. The van der Waals surface area contributed by atoms with Gasteiger partial charge in [-0.25, -0.2) is 0 Å². The highest BCUT2D eigenvalue weighted by molar-refractivity contribution is 5.82. The lowest BCUT2D eigenvalue weighted by Gasteiger charge is -2.26. The van der Waals surface area contributed by atoms with E-state index < -0.39 is 5.97 Å². The van der Waals surface area contributed by atoms with Gasteiger partial charge in [-0.3, -0.25) is 9.59 Å². The topological polar surface area (TPSA) is 78.9 Å². The second-order valence-electron chi connectivity index (χ2n) is 4.55. The highest BCUT2D eigenvalue weighted by Crippen LogP contribution is 2.27. The zero-order valence-electron chi connectivity index (χ0n) is 9.72. The molecule has 96 valence electrons. The third-order valence-corrected chi connectivity index (χ3v) is 3.02. The van der Waals surface area contributed by atoms with Crippen molar-refractivity contribution in [2.75, 3.05) is 26.2 Å². The van der Waals surface area contributed by atoms with E-state index in [0.29, 0.717) is 13.2 Å². The molecule has 1 aliphatic carbocycles. The molecule has 0 aromatic rings. The summed E-state index contributed by atoms with van der Waals surface area (Å²) in [7, 11) is 0. The molecule has 0 aromatic heterocycles. The average Bonchev–Trinajstić information content (AvgIpc) is 3.10. The first kappa shape index (κ1) is 12.3. The van der Waals surface area contributed by atoms with E-state index in [1.807, 2.05) is 0 Å². The first-order chi connectivity index (χ1) is 8.16. The van der Waals surface area contributed by atoms with E-state index in [9.17, 15) is 9.59 Å². The molecular weight excluding hydrogens is 224 g/mol. The molecule has 1 saturated carbocycles. The Morgan fingerprint density at radius 3 is 2.71 bits per heavy atom. The summed E-state index contributed by atoms with van der Waals surface area (Å²) in [5.41, 5.74) is 0. The molecule has 2 fully saturated rings. The molecule has 2 N–H and O–H groups in total. The number of carbonyl (C=O) groups is 2. The number of carboxylic acids is 1. The normalized spacial score (nSPS) is 24.4. The molecule has 1 heterocycles. The van der Waals surface area contributed by atoms with E-state index in [-0.39, 0.29) is 31.0 Å². The monoisotopic (exact) mass is 242 g/mol. The number of nitrogens with zero attached hydrogens (tertiary/aromatic N) is 1. The zero-order valence-corrected chi connectivity index (χ0v) is 9.72. The minimum atomic E-state index is -0.951. The summed E-state index contributed by atoms with van der Waals surface area (Å²) in [6, 6.07) is 0.134. The molecule has 1 amide bonds. The number of hydrogen-bond acceptors (Lipinski definition) is 4. The molecule has 1 saturated heterocycles. The number of amides is 1. The van der Waals surface area contributed by atoms with Crippen LogP contribution >= 0.6 is 0 Å². The molecule has 0 bridgehead atoms. The number of carboxylic acid groups (broad SMARTS) is 1. The Kier molecular flexibility index (Phi) is 3.96. The zero-order chi connectivity index (χ0) is 12.3. The van der Waals surface area contributed by atoms with E-state index in [1.54, 1.807) is 0 Å². The van der Waals surface area contributed by atoms with Crippen molar-refractivity contribution >= 4 is 11.9 Å². The first-order valence-electron chi connectivity index (χ1n) is 6.00. The van der Waals surface area contributed by atoms with Crippen LogP contribution in [0.3, 0.4) is 0 Å². The van der Waals surface area contributed by atoms with Crippen LogP contribution in [0.15, 0.2) is 0 Å². The maximum Gasteiger partial charge on any atom is 0.323 e. The maximum absolute atomic E-state index is 12.0. The van der Waals surface area contributed by atoms with Crippen molar-refractivity contribution in [3.05, 3.63) is 0 Å². The number of morpholine rings is 1. The first-order valence-corrected chi connectivity index (χ1v) is 6.00. The van der Waals surface area contributed by atoms with Gasteiger partial charge in [-0.15, -0.1) is 0 Å². The van der Waals surface area contributed by atoms with Crippen LogP contribution in [0.2, 0.25) is 0 Å². The molecule has 0 radical (unpaired) electrons. The Bertz CT molecular complexity index is 298. The largest absolute Gasteiger partial charge is 0.480 e. The van der Waals surface area contributed by atoms with Crippen LogP contribution in [0.5, 0.6) is 0 Å². The molecule has 0 aromatic carbocycles. The predicted octanol–water partition coefficient (Wildman–Crippen LogP) is -0.559. The van der Waals surface area contributed by atoms with Crippen LogP contribution in [0.4, 0.5) is 0 Å². The van der Waals surface area contributed by atoms with Crippen LogP contribution in [-0.4, -0.2) is 60.3 Å². The Hall–Kier alpha value is -1.14. The number of rotatable bonds is 5. The van der Waals surface area contributed by atoms with Crippen molar-refractivity contribution in [2.24, 2.45) is 0 Å². The third-order valence-electron chi connectivity index (χ3n) is 3.02. The quantitative estimate of drug-likeness (QED) is 0.675. The van der Waals surface area contributed by atoms with Crippen LogP contribution in [0.1, 0.15) is 19.3 Å². The van der Waals surface area contributed by atoms with Gasteiger partial charge in [-0.1, -0.05) is 0 Å². The van der Waals surface area contributed by atoms with Gasteiger partial charge in [0.05, 0.1) is 19.1 Å². The number of aliphatic carboxylic acids is 1. The maximum atomic E-state index is 12.0. The van der Waals surface area contributed by atoms with E-state index in [1.165, 1.54) is 4.90 Å². The molecule has 17 heavy (non-hydrogen) atoms. The fourth-order valence-corrected chi connectivity index (χ4v) is 2.02. The smallest absolute Gasteiger partial charge is 0.323 e. The van der Waals surface area contributed by atoms with E-state index in [0.717, 1.165) is 19.4 Å². The summed E-state index contributed by atoms with van der Waals surface area (Å²) in [4.78, 5) is 24.2. The summed E-state index contributed by atoms with van der Waals surface area (Å²) >= 11 is 0. The van der Waals surface area contributed by atoms with Crippen molar-refractivity contribution < 1.29 is 19.4 Å². The van der Waals surface area contributed by atoms with Crippen LogP contribution in [0, 0.1) is 0 Å². The molecule has 2 aliphatic rings. The molecule has 6 nitrogen and oxygen atoms in total. The van der Waals surface area contributed by atoms with Gasteiger partial charge < -0.3 is 20.1 Å². The lowest BCUT2D eigenvalue weighted by Crippen LogP contribution is -2.44. The molecule has 1 atom stereocenters. The van der Waals surface area contributed by atoms with Gasteiger partial charge in [0.25, 0.3) is 0 Å². The lowest BCUT2D eigenvalue weighted by molar-refractivity contribution is -0.146. The molecular formula is C11H18N2O4. The highest BCUT2D eigenvalue weighted by atomic mass is 16.5. The Morgan fingerprint density at radius 2 is 2.18 bits per heavy atom. The van der Waals surface area contributed by atoms with Gasteiger partial charge in [-0.2, -0.15) is 0 Å². The molecule has 6 heteroatoms. The second-order valence-corrected chi connectivity index (χ2v) is 4.55. The van der Waals surface area contributed by atoms with Crippen molar-refractivity contribution in [3.8, 4) is 0 Å². The van der Waals surface area contributed by atoms with Crippen LogP contribution in [0.25, 0.3) is 0 Å². The second kappa shape index (κ2) is 5.46. The number of ether oxygens (including phenoxy) is 1. The van der Waals surface area contributed by atoms with E-state index in [4.69, 9.17) is 9.84 Å². The van der Waals surface area contributed by atoms with Gasteiger partial charge in [0.15, 0.2) is 0 Å². The summed E-state index contributed by atoms with van der Waals surface area (Å²) < 4.78 is 5.45. The van der Waals surface area contributed by atoms with Gasteiger partial charge in [0.1, 0.15) is 6.54 Å². The number of carbonyl (C=O) groups excluding carboxylic acids is 1. The minimum absolute atomic E-state index is 0.108. The summed E-state index contributed by atoms with van der Waals surface area (Å²) in [5.74, 6) is -1.06. The Morgan fingerprint density at radius 1 is 1.41 bits per heavy atom. The van der Waals surface area contributed by atoms with Gasteiger partial charge in [-0.05, 0) is 12.8 Å². The van der Waals surface area contributed by atoms with Gasteiger partial charge >= 0.3 is 5.97 Å². The van der Waals surface area contributed by atoms with Crippen molar-refractivity contribution in [2.45, 2.75) is 31.4 Å². The van der Waals surface area contributed by atoms with Gasteiger partial charge in [0, 0.05) is 19.1 Å². The predicted molar refractivity (Wildman–Crippen MR) is 59.6 cm³/mol. The van der Waals surface area contributed by atoms with E-state index in [2.05, 4.69) is 5.32 Å². The standard InChI is InChI=1S/C11H18N2O4/c14-10(5-9-6-12-3-4-17-9)13(7-11(15)16)8-1-2-8/h8-9,12H,1-7H2,(H,15,16). The van der Waals surface area contributed by atoms with Crippen molar-refractivity contribution in [1.29, 1.82) is 0 Å². The average molecular weight is 242 g/mol. The summed E-state index contributed by atoms with van der Waals surface area (Å²) in [6.45, 7) is 1.90. The van der Waals surface area contributed by atoms with Crippen LogP contribution in [-0.2, 0) is 14.3 Å². The van der Waals surface area contributed by atoms with Gasteiger partial charge in [0.2, 0.25) is 5.91 Å². The Balaban J connectivity index is 1.84. The Labute approximate surface area is 99.9 Å². The third kappa shape index (κ3) is 3.67. The molecule has 1 unspecified atom stereocenters.